The monoisotopic (exact) mass is 203 g/mol. The average Bonchev–Trinajstić information content (AvgIpc) is 2.01. The van der Waals surface area contributed by atoms with Crippen LogP contribution >= 0.6 is 0 Å². The molecule has 1 unspecified atom stereocenters. The number of aliphatic hydroxyl groups excluding tert-OH is 2. The van der Waals surface area contributed by atoms with Gasteiger partial charge >= 0.3 is 5.97 Å². The number of carboxylic acids is 1. The van der Waals surface area contributed by atoms with E-state index in [1.165, 1.54) is 0 Å². The van der Waals surface area contributed by atoms with Crippen molar-refractivity contribution in [2.75, 3.05) is 13.2 Å². The molecule has 0 amide bonds. The number of hydrogen-bond donors (Lipinski definition) is 4. The molecule has 1 aliphatic rings. The number of hydrogen-bond acceptors (Lipinski definition) is 4. The Balaban J connectivity index is 2.21. The van der Waals surface area contributed by atoms with Gasteiger partial charge in [-0.2, -0.15) is 0 Å². The van der Waals surface area contributed by atoms with Crippen LogP contribution in [0.25, 0.3) is 0 Å². The molecular formula is C9H17NO4. The number of carbonyl (C=O) groups is 1. The number of aliphatic hydroxyl groups is 2. The molecule has 0 radical (unpaired) electrons. The number of nitrogens with one attached hydrogen (secondary N) is 1. The first-order chi connectivity index (χ1) is 6.58. The third kappa shape index (κ3) is 2.94. The molecule has 1 rings (SSSR count). The number of aliphatic carboxylic acids is 1. The summed E-state index contributed by atoms with van der Waals surface area (Å²) in [6.45, 7) is 0.277. The van der Waals surface area contributed by atoms with Crippen molar-refractivity contribution in [3.8, 4) is 0 Å². The molecule has 0 aromatic rings. The van der Waals surface area contributed by atoms with Crippen LogP contribution in [0.15, 0.2) is 0 Å². The Kier molecular flexibility index (Phi) is 3.86. The lowest BCUT2D eigenvalue weighted by Crippen LogP contribution is -2.55. The minimum Gasteiger partial charge on any atom is -0.481 e. The fourth-order valence-electron chi connectivity index (χ4n) is 1.60. The lowest BCUT2D eigenvalue weighted by atomic mass is 9.77. The molecule has 5 heteroatoms. The zero-order chi connectivity index (χ0) is 10.6. The van der Waals surface area contributed by atoms with Gasteiger partial charge in [0.25, 0.3) is 0 Å². The van der Waals surface area contributed by atoms with Crippen molar-refractivity contribution in [2.24, 2.45) is 0 Å². The van der Waals surface area contributed by atoms with Gasteiger partial charge in [-0.05, 0) is 19.3 Å². The molecule has 0 saturated heterocycles. The fourth-order valence-corrected chi connectivity index (χ4v) is 1.60. The lowest BCUT2D eigenvalue weighted by Gasteiger charge is -2.41. The number of rotatable bonds is 6. The first kappa shape index (κ1) is 11.4. The van der Waals surface area contributed by atoms with Gasteiger partial charge in [0.05, 0.1) is 19.1 Å². The van der Waals surface area contributed by atoms with Gasteiger partial charge in [0.2, 0.25) is 0 Å². The largest absolute Gasteiger partial charge is 0.481 e. The van der Waals surface area contributed by atoms with Gasteiger partial charge < -0.3 is 20.6 Å². The van der Waals surface area contributed by atoms with E-state index >= 15 is 0 Å². The maximum atomic E-state index is 10.3. The van der Waals surface area contributed by atoms with Crippen molar-refractivity contribution in [1.29, 1.82) is 0 Å². The number of carboxylic acid groups (broad SMARTS) is 1. The molecule has 4 N–H and O–H groups in total. The van der Waals surface area contributed by atoms with Crippen LogP contribution in [-0.2, 0) is 4.79 Å². The molecular weight excluding hydrogens is 186 g/mol. The molecule has 0 spiro atoms. The van der Waals surface area contributed by atoms with Gasteiger partial charge in [0.1, 0.15) is 0 Å². The normalized spacial score (nSPS) is 21.3. The minimum atomic E-state index is -1.01. The predicted octanol–water partition coefficient (Wildman–Crippen LogP) is -0.673. The molecule has 14 heavy (non-hydrogen) atoms. The van der Waals surface area contributed by atoms with Crippen LogP contribution in [0.3, 0.4) is 0 Å². The van der Waals surface area contributed by atoms with Crippen molar-refractivity contribution in [1.82, 2.24) is 5.32 Å². The maximum absolute atomic E-state index is 10.3. The van der Waals surface area contributed by atoms with Crippen LogP contribution in [0.2, 0.25) is 0 Å². The summed E-state index contributed by atoms with van der Waals surface area (Å²) in [5, 5.41) is 29.8. The van der Waals surface area contributed by atoms with Crippen molar-refractivity contribution >= 4 is 5.97 Å². The summed E-state index contributed by atoms with van der Waals surface area (Å²) in [6.07, 6.45) is 1.72. The molecule has 1 saturated carbocycles. The van der Waals surface area contributed by atoms with Crippen LogP contribution in [-0.4, -0.2) is 46.1 Å². The highest BCUT2D eigenvalue weighted by molar-refractivity contribution is 5.67. The second-order valence-corrected chi connectivity index (χ2v) is 3.92. The number of β-amino-alcohol motifs (C(OH)–C–C–N with tert-alkyl or cyclic N) is 1. The van der Waals surface area contributed by atoms with Crippen molar-refractivity contribution in [3.05, 3.63) is 0 Å². The molecule has 0 bridgehead atoms. The van der Waals surface area contributed by atoms with E-state index in [1.807, 2.05) is 0 Å². The molecule has 5 nitrogen and oxygen atoms in total. The van der Waals surface area contributed by atoms with Gasteiger partial charge in [0, 0.05) is 12.1 Å². The Morgan fingerprint density at radius 2 is 2.14 bits per heavy atom. The van der Waals surface area contributed by atoms with E-state index in [1.54, 1.807) is 0 Å². The van der Waals surface area contributed by atoms with E-state index < -0.39 is 12.1 Å². The standard InChI is InChI=1S/C9H17NO4/c11-6-9(2-1-3-9)10-5-7(12)4-8(13)14/h7,10-12H,1-6H2,(H,13,14). The van der Waals surface area contributed by atoms with Crippen molar-refractivity contribution < 1.29 is 20.1 Å². The van der Waals surface area contributed by atoms with Gasteiger partial charge in [0.15, 0.2) is 0 Å². The van der Waals surface area contributed by atoms with E-state index in [2.05, 4.69) is 5.32 Å². The summed E-state index contributed by atoms with van der Waals surface area (Å²) >= 11 is 0. The third-order valence-corrected chi connectivity index (χ3v) is 2.74. The molecule has 1 fully saturated rings. The second kappa shape index (κ2) is 4.72. The molecule has 82 valence electrons. The van der Waals surface area contributed by atoms with Crippen LogP contribution < -0.4 is 5.32 Å². The minimum absolute atomic E-state index is 0.0484. The van der Waals surface area contributed by atoms with E-state index in [4.69, 9.17) is 10.2 Å². The molecule has 1 atom stereocenters. The van der Waals surface area contributed by atoms with Gasteiger partial charge in [-0.3, -0.25) is 4.79 Å². The zero-order valence-electron chi connectivity index (χ0n) is 8.07. The Labute approximate surface area is 82.7 Å². The molecule has 1 aliphatic carbocycles. The molecule has 0 aromatic carbocycles. The first-order valence-corrected chi connectivity index (χ1v) is 4.84. The molecule has 0 aromatic heterocycles. The highest BCUT2D eigenvalue weighted by atomic mass is 16.4. The molecule has 0 heterocycles. The van der Waals surface area contributed by atoms with Crippen LogP contribution in [0.1, 0.15) is 25.7 Å². The zero-order valence-corrected chi connectivity index (χ0v) is 8.07. The van der Waals surface area contributed by atoms with Crippen molar-refractivity contribution in [3.63, 3.8) is 0 Å². The van der Waals surface area contributed by atoms with Crippen molar-refractivity contribution in [2.45, 2.75) is 37.3 Å². The summed E-state index contributed by atoms with van der Waals surface area (Å²) in [5.74, 6) is -1.01. The maximum Gasteiger partial charge on any atom is 0.306 e. The van der Waals surface area contributed by atoms with Crippen LogP contribution in [0, 0.1) is 0 Å². The highest BCUT2D eigenvalue weighted by Gasteiger charge is 2.36. The summed E-state index contributed by atoms with van der Waals surface area (Å²) < 4.78 is 0. The lowest BCUT2D eigenvalue weighted by molar-refractivity contribution is -0.139. The predicted molar refractivity (Wildman–Crippen MR) is 49.9 cm³/mol. The summed E-state index contributed by atoms with van der Waals surface area (Å²) in [7, 11) is 0. The van der Waals surface area contributed by atoms with Gasteiger partial charge in [-0.25, -0.2) is 0 Å². The Hall–Kier alpha value is -0.650. The smallest absolute Gasteiger partial charge is 0.306 e. The Morgan fingerprint density at radius 3 is 2.50 bits per heavy atom. The fraction of sp³-hybridized carbons (Fsp3) is 0.889. The second-order valence-electron chi connectivity index (χ2n) is 3.92. The third-order valence-electron chi connectivity index (χ3n) is 2.74. The van der Waals surface area contributed by atoms with Crippen LogP contribution in [0.5, 0.6) is 0 Å². The quantitative estimate of drug-likeness (QED) is 0.459. The Morgan fingerprint density at radius 1 is 1.50 bits per heavy atom. The van der Waals surface area contributed by atoms with Crippen LogP contribution in [0.4, 0.5) is 0 Å². The van der Waals surface area contributed by atoms with Gasteiger partial charge in [-0.1, -0.05) is 0 Å². The molecule has 0 aliphatic heterocycles. The van der Waals surface area contributed by atoms with E-state index in [9.17, 15) is 9.90 Å². The Bertz CT molecular complexity index is 197. The van der Waals surface area contributed by atoms with E-state index in [-0.39, 0.29) is 25.1 Å². The van der Waals surface area contributed by atoms with E-state index in [0.717, 1.165) is 19.3 Å². The van der Waals surface area contributed by atoms with E-state index in [0.29, 0.717) is 0 Å². The topological polar surface area (TPSA) is 89.8 Å². The summed E-state index contributed by atoms with van der Waals surface area (Å²) in [4.78, 5) is 10.3. The average molecular weight is 203 g/mol. The van der Waals surface area contributed by atoms with Gasteiger partial charge in [-0.15, -0.1) is 0 Å². The highest BCUT2D eigenvalue weighted by Crippen LogP contribution is 2.30. The SMILES string of the molecule is O=C(O)CC(O)CNC1(CO)CCC1. The summed E-state index contributed by atoms with van der Waals surface area (Å²) in [5.41, 5.74) is -0.264. The first-order valence-electron chi connectivity index (χ1n) is 4.84. The summed E-state index contributed by atoms with van der Waals surface area (Å²) in [6, 6.07) is 0.